The van der Waals surface area contributed by atoms with Crippen molar-refractivity contribution in [3.05, 3.63) is 71.5 Å². The summed E-state index contributed by atoms with van der Waals surface area (Å²) in [5.74, 6) is -0.0233. The number of aromatic nitrogens is 2. The van der Waals surface area contributed by atoms with Gasteiger partial charge in [-0.2, -0.15) is 0 Å². The fourth-order valence-corrected chi connectivity index (χ4v) is 3.31. The Morgan fingerprint density at radius 2 is 1.71 bits per heavy atom. The molecule has 120 valence electrons. The van der Waals surface area contributed by atoms with Gasteiger partial charge in [0.2, 0.25) is 0 Å². The van der Waals surface area contributed by atoms with Gasteiger partial charge in [-0.05, 0) is 31.0 Å². The molecule has 4 nitrogen and oxygen atoms in total. The third-order valence-electron chi connectivity index (χ3n) is 4.48. The van der Waals surface area contributed by atoms with Crippen LogP contribution in [0.4, 0.5) is 0 Å². The van der Waals surface area contributed by atoms with Crippen molar-refractivity contribution in [3.8, 4) is 0 Å². The van der Waals surface area contributed by atoms with Crippen LogP contribution in [0.5, 0.6) is 0 Å². The number of carbonyl (C=O) groups is 1. The first kappa shape index (κ1) is 14.6. The van der Waals surface area contributed by atoms with Crippen molar-refractivity contribution in [2.75, 3.05) is 6.54 Å². The number of fused-ring (bicyclic) bond motifs is 2. The Morgan fingerprint density at radius 1 is 1.00 bits per heavy atom. The zero-order valence-corrected chi connectivity index (χ0v) is 13.5. The summed E-state index contributed by atoms with van der Waals surface area (Å²) in [6, 6.07) is 16.1. The molecule has 0 atom stereocenters. The van der Waals surface area contributed by atoms with Crippen molar-refractivity contribution in [2.24, 2.45) is 0 Å². The lowest BCUT2D eigenvalue weighted by Gasteiger charge is -2.05. The molecule has 2 aromatic heterocycles. The van der Waals surface area contributed by atoms with E-state index >= 15 is 0 Å². The molecule has 1 amide bonds. The molecule has 0 saturated carbocycles. The molecule has 4 heteroatoms. The number of para-hydroxylation sites is 2. The van der Waals surface area contributed by atoms with E-state index in [-0.39, 0.29) is 5.91 Å². The van der Waals surface area contributed by atoms with Gasteiger partial charge in [0.05, 0.1) is 5.56 Å². The maximum atomic E-state index is 12.6. The van der Waals surface area contributed by atoms with E-state index in [9.17, 15) is 4.79 Å². The highest BCUT2D eigenvalue weighted by atomic mass is 16.1. The normalized spacial score (nSPS) is 11.2. The second-order valence-electron chi connectivity index (χ2n) is 6.04. The standard InChI is InChI=1S/C20H19N3O/c1-13-19(16-7-3-5-9-18(16)23-13)20(24)21-11-10-14-12-22-17-8-4-2-6-15(14)17/h2-9,12,22-23H,10-11H2,1H3,(H,21,24). The molecule has 3 N–H and O–H groups in total. The topological polar surface area (TPSA) is 60.7 Å². The molecule has 2 aromatic carbocycles. The third kappa shape index (κ3) is 2.46. The van der Waals surface area contributed by atoms with Crippen molar-refractivity contribution in [1.29, 1.82) is 0 Å². The van der Waals surface area contributed by atoms with Gasteiger partial charge in [0.15, 0.2) is 0 Å². The SMILES string of the molecule is Cc1[nH]c2ccccc2c1C(=O)NCCc1c[nH]c2ccccc12. The predicted octanol–water partition coefficient (Wildman–Crippen LogP) is 3.93. The second-order valence-corrected chi connectivity index (χ2v) is 6.04. The number of aromatic amines is 2. The number of H-pyrrole nitrogens is 2. The Hall–Kier alpha value is -3.01. The van der Waals surface area contributed by atoms with Crippen LogP contribution in [0.25, 0.3) is 21.8 Å². The highest BCUT2D eigenvalue weighted by Gasteiger charge is 2.15. The molecule has 0 unspecified atom stereocenters. The average molecular weight is 317 g/mol. The molecule has 0 aliphatic carbocycles. The molecule has 0 bridgehead atoms. The molecule has 4 rings (SSSR count). The van der Waals surface area contributed by atoms with E-state index in [1.807, 2.05) is 49.5 Å². The second kappa shape index (κ2) is 5.89. The average Bonchev–Trinajstić information content (AvgIpc) is 3.15. The molecule has 0 fully saturated rings. The summed E-state index contributed by atoms with van der Waals surface area (Å²) in [7, 11) is 0. The summed E-state index contributed by atoms with van der Waals surface area (Å²) in [5, 5.41) is 5.24. The lowest BCUT2D eigenvalue weighted by molar-refractivity contribution is 0.0955. The molecular weight excluding hydrogens is 298 g/mol. The van der Waals surface area contributed by atoms with E-state index in [1.165, 1.54) is 10.9 Å². The van der Waals surface area contributed by atoms with Gasteiger partial charge in [-0.3, -0.25) is 4.79 Å². The van der Waals surface area contributed by atoms with E-state index in [0.717, 1.165) is 34.1 Å². The molecular formula is C20H19N3O. The molecule has 0 aliphatic rings. The fraction of sp³-hybridized carbons (Fsp3) is 0.150. The van der Waals surface area contributed by atoms with Gasteiger partial charge in [-0.1, -0.05) is 36.4 Å². The van der Waals surface area contributed by atoms with Gasteiger partial charge in [0.1, 0.15) is 0 Å². The first-order valence-electron chi connectivity index (χ1n) is 8.14. The van der Waals surface area contributed by atoms with Crippen molar-refractivity contribution in [3.63, 3.8) is 0 Å². The van der Waals surface area contributed by atoms with Crippen LogP contribution in [-0.4, -0.2) is 22.4 Å². The summed E-state index contributed by atoms with van der Waals surface area (Å²) in [6.45, 7) is 2.55. The van der Waals surface area contributed by atoms with E-state index in [0.29, 0.717) is 6.54 Å². The largest absolute Gasteiger partial charge is 0.361 e. The van der Waals surface area contributed by atoms with Crippen LogP contribution in [0.1, 0.15) is 21.6 Å². The van der Waals surface area contributed by atoms with Gasteiger partial charge in [-0.15, -0.1) is 0 Å². The summed E-state index contributed by atoms with van der Waals surface area (Å²) in [5.41, 5.74) is 5.00. The van der Waals surface area contributed by atoms with E-state index in [4.69, 9.17) is 0 Å². The first-order valence-corrected chi connectivity index (χ1v) is 8.14. The number of aryl methyl sites for hydroxylation is 1. The molecule has 0 radical (unpaired) electrons. The van der Waals surface area contributed by atoms with Gasteiger partial charge in [0.25, 0.3) is 5.91 Å². The Balaban J connectivity index is 1.49. The van der Waals surface area contributed by atoms with Crippen molar-refractivity contribution >= 4 is 27.7 Å². The Labute approximate surface area is 139 Å². The zero-order chi connectivity index (χ0) is 16.5. The summed E-state index contributed by atoms with van der Waals surface area (Å²) in [4.78, 5) is 19.1. The number of hydrogen-bond acceptors (Lipinski definition) is 1. The first-order chi connectivity index (χ1) is 11.7. The lowest BCUT2D eigenvalue weighted by atomic mass is 10.1. The Morgan fingerprint density at radius 3 is 2.54 bits per heavy atom. The van der Waals surface area contributed by atoms with Gasteiger partial charge >= 0.3 is 0 Å². The minimum absolute atomic E-state index is 0.0233. The van der Waals surface area contributed by atoms with Crippen molar-refractivity contribution < 1.29 is 4.79 Å². The smallest absolute Gasteiger partial charge is 0.253 e. The Kier molecular flexibility index (Phi) is 3.58. The minimum Gasteiger partial charge on any atom is -0.361 e. The predicted molar refractivity (Wildman–Crippen MR) is 97.4 cm³/mol. The van der Waals surface area contributed by atoms with Crippen LogP contribution < -0.4 is 5.32 Å². The van der Waals surface area contributed by atoms with Gasteiger partial charge in [-0.25, -0.2) is 0 Å². The molecule has 0 spiro atoms. The molecule has 24 heavy (non-hydrogen) atoms. The number of rotatable bonds is 4. The number of amides is 1. The molecule has 0 aliphatic heterocycles. The number of carbonyl (C=O) groups excluding carboxylic acids is 1. The highest BCUT2D eigenvalue weighted by Crippen LogP contribution is 2.22. The summed E-state index contributed by atoms with van der Waals surface area (Å²) in [6.07, 6.45) is 2.82. The summed E-state index contributed by atoms with van der Waals surface area (Å²) < 4.78 is 0. The van der Waals surface area contributed by atoms with Crippen LogP contribution in [0.3, 0.4) is 0 Å². The van der Waals surface area contributed by atoms with Crippen LogP contribution in [-0.2, 0) is 6.42 Å². The van der Waals surface area contributed by atoms with Crippen LogP contribution in [0, 0.1) is 6.92 Å². The number of nitrogens with one attached hydrogen (secondary N) is 3. The maximum Gasteiger partial charge on any atom is 0.253 e. The zero-order valence-electron chi connectivity index (χ0n) is 13.5. The van der Waals surface area contributed by atoms with Crippen LogP contribution in [0.2, 0.25) is 0 Å². The minimum atomic E-state index is -0.0233. The summed E-state index contributed by atoms with van der Waals surface area (Å²) >= 11 is 0. The van der Waals surface area contributed by atoms with E-state index < -0.39 is 0 Å². The molecule has 4 aromatic rings. The van der Waals surface area contributed by atoms with E-state index in [2.05, 4.69) is 27.4 Å². The molecule has 0 saturated heterocycles. The quantitative estimate of drug-likeness (QED) is 0.525. The van der Waals surface area contributed by atoms with Crippen molar-refractivity contribution in [2.45, 2.75) is 13.3 Å². The Bertz CT molecular complexity index is 1030. The van der Waals surface area contributed by atoms with Gasteiger partial charge in [0, 0.05) is 40.2 Å². The fourth-order valence-electron chi connectivity index (χ4n) is 3.31. The monoisotopic (exact) mass is 317 g/mol. The highest BCUT2D eigenvalue weighted by molar-refractivity contribution is 6.08. The van der Waals surface area contributed by atoms with Crippen molar-refractivity contribution in [1.82, 2.24) is 15.3 Å². The number of hydrogen-bond donors (Lipinski definition) is 3. The van der Waals surface area contributed by atoms with Gasteiger partial charge < -0.3 is 15.3 Å². The lowest BCUT2D eigenvalue weighted by Crippen LogP contribution is -2.26. The molecule has 2 heterocycles. The maximum absolute atomic E-state index is 12.6. The van der Waals surface area contributed by atoms with Crippen LogP contribution >= 0.6 is 0 Å². The van der Waals surface area contributed by atoms with E-state index in [1.54, 1.807) is 0 Å². The van der Waals surface area contributed by atoms with Crippen LogP contribution in [0.15, 0.2) is 54.7 Å². The third-order valence-corrected chi connectivity index (χ3v) is 4.48. The number of benzene rings is 2.